The van der Waals surface area contributed by atoms with Crippen molar-refractivity contribution in [2.24, 2.45) is 0 Å². The zero-order valence-electron chi connectivity index (χ0n) is 17.1. The van der Waals surface area contributed by atoms with Crippen LogP contribution in [0.25, 0.3) is 0 Å². The number of nitrogens with zero attached hydrogens (tertiary/aromatic N) is 1. The average molecular weight is 473 g/mol. The molecule has 0 radical (unpaired) electrons. The molecule has 2 aromatic carbocycles. The van der Waals surface area contributed by atoms with Crippen molar-refractivity contribution in [3.8, 4) is 0 Å². The maximum atomic E-state index is 12.9. The first-order chi connectivity index (χ1) is 14.4. The van der Waals surface area contributed by atoms with E-state index in [-0.39, 0.29) is 28.5 Å². The van der Waals surface area contributed by atoms with E-state index in [1.807, 2.05) is 0 Å². The number of benzene rings is 2. The summed E-state index contributed by atoms with van der Waals surface area (Å²) in [6.45, 7) is 2.79. The lowest BCUT2D eigenvalue weighted by Crippen LogP contribution is -2.38. The number of hydrogen-bond donors (Lipinski definition) is 1. The smallest absolute Gasteiger partial charge is 0.339 e. The largest absolute Gasteiger partial charge is 0.446 e. The zero-order chi connectivity index (χ0) is 22.8. The van der Waals surface area contributed by atoms with Gasteiger partial charge in [-0.05, 0) is 72.8 Å². The summed E-state index contributed by atoms with van der Waals surface area (Å²) in [7, 11) is -3.46. The predicted octanol–water partition coefficient (Wildman–Crippen LogP) is 5.00. The van der Waals surface area contributed by atoms with Gasteiger partial charge in [-0.25, -0.2) is 8.42 Å². The minimum absolute atomic E-state index is 0.132. The molecule has 1 aliphatic heterocycles. The van der Waals surface area contributed by atoms with Crippen LogP contribution in [0.4, 0.5) is 18.9 Å². The second kappa shape index (κ2) is 9.12. The Morgan fingerprint density at radius 3 is 2.26 bits per heavy atom. The lowest BCUT2D eigenvalue weighted by Gasteiger charge is -2.32. The maximum Gasteiger partial charge on any atom is 0.446 e. The zero-order valence-corrected chi connectivity index (χ0v) is 18.7. The van der Waals surface area contributed by atoms with Crippen LogP contribution in [0.3, 0.4) is 0 Å². The van der Waals surface area contributed by atoms with E-state index < -0.39 is 15.5 Å². The molecule has 1 fully saturated rings. The van der Waals surface area contributed by atoms with Crippen LogP contribution in [-0.4, -0.2) is 44.1 Å². The summed E-state index contributed by atoms with van der Waals surface area (Å²) in [6.07, 6.45) is 2.47. The molecular weight excluding hydrogens is 449 g/mol. The lowest BCUT2D eigenvalue weighted by atomic mass is 9.89. The number of piperidine rings is 1. The summed E-state index contributed by atoms with van der Waals surface area (Å²) in [5.74, 6) is 0.00129. The Morgan fingerprint density at radius 2 is 1.71 bits per heavy atom. The summed E-state index contributed by atoms with van der Waals surface area (Å²) in [6, 6.07) is 11.3. The van der Waals surface area contributed by atoms with Crippen molar-refractivity contribution in [3.63, 3.8) is 0 Å². The number of rotatable bonds is 5. The molecule has 0 unspecified atom stereocenters. The second-order valence-electron chi connectivity index (χ2n) is 7.59. The number of carbonyl (C=O) groups excluding carboxylic acids is 1. The van der Waals surface area contributed by atoms with Gasteiger partial charge in [0, 0.05) is 23.5 Å². The first kappa shape index (κ1) is 23.5. The molecule has 1 saturated heterocycles. The van der Waals surface area contributed by atoms with Crippen LogP contribution >= 0.6 is 11.8 Å². The van der Waals surface area contributed by atoms with E-state index in [9.17, 15) is 26.4 Å². The first-order valence-corrected chi connectivity index (χ1v) is 12.4. The lowest BCUT2D eigenvalue weighted by molar-refractivity contribution is -0.0328. The fraction of sp³-hybridized carbons (Fsp3) is 0.381. The van der Waals surface area contributed by atoms with Crippen LogP contribution in [0.2, 0.25) is 0 Å². The van der Waals surface area contributed by atoms with Gasteiger partial charge < -0.3 is 4.90 Å². The van der Waals surface area contributed by atoms with Crippen molar-refractivity contribution < 1.29 is 26.4 Å². The molecule has 31 heavy (non-hydrogen) atoms. The standard InChI is InChI=1S/C21H23F3N2O3S2/c1-14-3-4-17(13-19(14)25-31(2,28)29)20(27)26-11-9-16(10-12-26)15-5-7-18(8-6-15)30-21(22,23)24/h3-8,13,16,25H,9-12H2,1-2H3. The molecule has 1 heterocycles. The van der Waals surface area contributed by atoms with E-state index in [1.165, 1.54) is 12.1 Å². The van der Waals surface area contributed by atoms with Crippen molar-refractivity contribution >= 4 is 33.4 Å². The number of aryl methyl sites for hydroxylation is 1. The fourth-order valence-electron chi connectivity index (χ4n) is 3.60. The maximum absolute atomic E-state index is 12.9. The minimum Gasteiger partial charge on any atom is -0.339 e. The Labute approximate surface area is 184 Å². The number of hydrogen-bond acceptors (Lipinski definition) is 4. The normalized spacial score (nSPS) is 15.7. The van der Waals surface area contributed by atoms with Crippen molar-refractivity contribution in [2.75, 3.05) is 24.1 Å². The molecule has 0 atom stereocenters. The number of halogens is 3. The highest BCUT2D eigenvalue weighted by atomic mass is 32.2. The summed E-state index contributed by atoms with van der Waals surface area (Å²) in [5.41, 5.74) is -1.84. The van der Waals surface area contributed by atoms with Crippen LogP contribution in [0, 0.1) is 6.92 Å². The van der Waals surface area contributed by atoms with Gasteiger partial charge in [0.15, 0.2) is 0 Å². The Bertz CT molecular complexity index is 1050. The SMILES string of the molecule is Cc1ccc(C(=O)N2CCC(c3ccc(SC(F)(F)F)cc3)CC2)cc1NS(C)(=O)=O. The van der Waals surface area contributed by atoms with E-state index in [1.54, 1.807) is 42.2 Å². The molecule has 2 aromatic rings. The highest BCUT2D eigenvalue weighted by Gasteiger charge is 2.29. The van der Waals surface area contributed by atoms with Gasteiger partial charge in [-0.15, -0.1) is 0 Å². The predicted molar refractivity (Wildman–Crippen MR) is 116 cm³/mol. The highest BCUT2D eigenvalue weighted by molar-refractivity contribution is 8.00. The van der Waals surface area contributed by atoms with Gasteiger partial charge >= 0.3 is 5.51 Å². The topological polar surface area (TPSA) is 66.5 Å². The van der Waals surface area contributed by atoms with Gasteiger partial charge in [-0.3, -0.25) is 9.52 Å². The van der Waals surface area contributed by atoms with E-state index >= 15 is 0 Å². The van der Waals surface area contributed by atoms with Crippen LogP contribution in [0.5, 0.6) is 0 Å². The molecule has 0 saturated carbocycles. The third-order valence-corrected chi connectivity index (χ3v) is 6.48. The number of thioether (sulfide) groups is 1. The van der Waals surface area contributed by atoms with E-state index in [0.29, 0.717) is 42.7 Å². The number of nitrogens with one attached hydrogen (secondary N) is 1. The van der Waals surface area contributed by atoms with Crippen molar-refractivity contribution in [1.82, 2.24) is 4.90 Å². The van der Waals surface area contributed by atoms with Crippen LogP contribution < -0.4 is 4.72 Å². The Morgan fingerprint density at radius 1 is 1.10 bits per heavy atom. The van der Waals surface area contributed by atoms with Gasteiger partial charge in [-0.1, -0.05) is 18.2 Å². The van der Waals surface area contributed by atoms with Crippen LogP contribution in [0.1, 0.15) is 40.2 Å². The van der Waals surface area contributed by atoms with Crippen molar-refractivity contribution in [2.45, 2.75) is 36.1 Å². The molecule has 5 nitrogen and oxygen atoms in total. The minimum atomic E-state index is -4.31. The van der Waals surface area contributed by atoms with Crippen LogP contribution in [-0.2, 0) is 10.0 Å². The number of anilines is 1. The molecule has 1 N–H and O–H groups in total. The van der Waals surface area contributed by atoms with E-state index in [2.05, 4.69) is 4.72 Å². The van der Waals surface area contributed by atoms with Gasteiger partial charge in [0.2, 0.25) is 10.0 Å². The number of amides is 1. The van der Waals surface area contributed by atoms with Crippen molar-refractivity contribution in [3.05, 3.63) is 59.2 Å². The number of alkyl halides is 3. The molecule has 1 amide bonds. The van der Waals surface area contributed by atoms with Crippen LogP contribution in [0.15, 0.2) is 47.4 Å². The molecular formula is C21H23F3N2O3S2. The Kier molecular flexibility index (Phi) is 6.90. The molecule has 0 spiro atoms. The molecule has 0 aliphatic carbocycles. The van der Waals surface area contributed by atoms with Crippen molar-refractivity contribution in [1.29, 1.82) is 0 Å². The molecule has 1 aliphatic rings. The summed E-state index contributed by atoms with van der Waals surface area (Å²) < 4.78 is 62.9. The average Bonchev–Trinajstić information content (AvgIpc) is 2.68. The Balaban J connectivity index is 1.63. The summed E-state index contributed by atoms with van der Waals surface area (Å²) in [4.78, 5) is 14.8. The third kappa shape index (κ3) is 6.64. The monoisotopic (exact) mass is 472 g/mol. The molecule has 10 heteroatoms. The van der Waals surface area contributed by atoms with Gasteiger partial charge in [0.05, 0.1) is 11.9 Å². The number of carbonyl (C=O) groups is 1. The second-order valence-corrected chi connectivity index (χ2v) is 10.5. The van der Waals surface area contributed by atoms with Gasteiger partial charge in [-0.2, -0.15) is 13.2 Å². The first-order valence-electron chi connectivity index (χ1n) is 9.65. The number of likely N-dealkylation sites (tertiary alicyclic amines) is 1. The fourth-order valence-corrected chi connectivity index (χ4v) is 4.76. The summed E-state index contributed by atoms with van der Waals surface area (Å²) in [5, 5.41) is 0. The van der Waals surface area contributed by atoms with Gasteiger partial charge in [0.25, 0.3) is 5.91 Å². The van der Waals surface area contributed by atoms with Gasteiger partial charge in [0.1, 0.15) is 0 Å². The third-order valence-electron chi connectivity index (χ3n) is 5.15. The number of sulfonamides is 1. The van der Waals surface area contributed by atoms with E-state index in [0.717, 1.165) is 11.8 Å². The quantitative estimate of drug-likeness (QED) is 0.622. The summed E-state index contributed by atoms with van der Waals surface area (Å²) >= 11 is -0.132. The molecule has 3 rings (SSSR count). The molecule has 0 bridgehead atoms. The molecule has 168 valence electrons. The molecule has 0 aromatic heterocycles. The van der Waals surface area contributed by atoms with E-state index in [4.69, 9.17) is 0 Å². The highest BCUT2D eigenvalue weighted by Crippen LogP contribution is 2.38. The Hall–Kier alpha value is -2.20.